The van der Waals surface area contributed by atoms with Crippen LogP contribution >= 0.6 is 0 Å². The Kier molecular flexibility index (Phi) is 2.13. The van der Waals surface area contributed by atoms with Gasteiger partial charge in [0.2, 0.25) is 0 Å². The molecular weight excluding hydrogens is 164 g/mol. The second-order valence-electron chi connectivity index (χ2n) is 4.94. The number of aliphatic hydroxyl groups excluding tert-OH is 1. The smallest absolute Gasteiger partial charge is 0.0505 e. The molecule has 2 aliphatic rings. The van der Waals surface area contributed by atoms with E-state index in [1.807, 2.05) is 0 Å². The van der Waals surface area contributed by atoms with Crippen molar-refractivity contribution in [2.45, 2.75) is 19.3 Å². The van der Waals surface area contributed by atoms with Crippen LogP contribution in [0, 0.1) is 10.8 Å². The summed E-state index contributed by atoms with van der Waals surface area (Å²) in [7, 11) is 2.16. The van der Waals surface area contributed by atoms with Gasteiger partial charge in [-0.05, 0) is 38.3 Å². The first kappa shape index (κ1) is 9.44. The summed E-state index contributed by atoms with van der Waals surface area (Å²) in [6.07, 6.45) is 3.66. The Morgan fingerprint density at radius 1 is 1.54 bits per heavy atom. The van der Waals surface area contributed by atoms with Crippen LogP contribution in [0.4, 0.5) is 0 Å². The Hall–Kier alpha value is -0.120. The topological polar surface area (TPSA) is 49.5 Å². The van der Waals surface area contributed by atoms with Gasteiger partial charge in [0, 0.05) is 18.5 Å². The number of aliphatic hydroxyl groups is 1. The number of hydrogen-bond donors (Lipinski definition) is 2. The molecule has 0 aromatic carbocycles. The summed E-state index contributed by atoms with van der Waals surface area (Å²) in [5, 5.41) is 9.36. The van der Waals surface area contributed by atoms with Crippen molar-refractivity contribution in [3.63, 3.8) is 0 Å². The minimum Gasteiger partial charge on any atom is -0.396 e. The van der Waals surface area contributed by atoms with Gasteiger partial charge < -0.3 is 15.7 Å². The maximum absolute atomic E-state index is 9.36. The van der Waals surface area contributed by atoms with Crippen molar-refractivity contribution in [1.82, 2.24) is 4.90 Å². The van der Waals surface area contributed by atoms with E-state index in [4.69, 9.17) is 5.73 Å². The molecule has 1 saturated carbocycles. The van der Waals surface area contributed by atoms with Crippen LogP contribution in [0.1, 0.15) is 19.3 Å². The summed E-state index contributed by atoms with van der Waals surface area (Å²) in [5.74, 6) is 0. The molecule has 1 aliphatic heterocycles. The third kappa shape index (κ3) is 1.22. The SMILES string of the molecule is CN1CCCC2(C1)CC2(CN)CO. The van der Waals surface area contributed by atoms with Gasteiger partial charge >= 0.3 is 0 Å². The fraction of sp³-hybridized carbons (Fsp3) is 1.00. The van der Waals surface area contributed by atoms with E-state index >= 15 is 0 Å². The van der Waals surface area contributed by atoms with Gasteiger partial charge in [0.05, 0.1) is 6.61 Å². The zero-order valence-corrected chi connectivity index (χ0v) is 8.42. The predicted octanol–water partition coefficient (Wildman–Crippen LogP) is 0.0395. The van der Waals surface area contributed by atoms with Crippen LogP contribution in [0.3, 0.4) is 0 Å². The van der Waals surface area contributed by atoms with Crippen molar-refractivity contribution >= 4 is 0 Å². The molecule has 0 aromatic rings. The molecule has 0 bridgehead atoms. The lowest BCUT2D eigenvalue weighted by Crippen LogP contribution is -2.39. The van der Waals surface area contributed by atoms with Gasteiger partial charge in [0.25, 0.3) is 0 Å². The second kappa shape index (κ2) is 2.94. The van der Waals surface area contributed by atoms with Gasteiger partial charge in [-0.15, -0.1) is 0 Å². The number of nitrogens with zero attached hydrogens (tertiary/aromatic N) is 1. The molecule has 0 aromatic heterocycles. The zero-order valence-electron chi connectivity index (χ0n) is 8.42. The van der Waals surface area contributed by atoms with Crippen LogP contribution < -0.4 is 5.73 Å². The van der Waals surface area contributed by atoms with E-state index in [1.165, 1.54) is 19.4 Å². The van der Waals surface area contributed by atoms with E-state index in [1.54, 1.807) is 0 Å². The number of likely N-dealkylation sites (tertiary alicyclic amines) is 1. The van der Waals surface area contributed by atoms with Crippen molar-refractivity contribution in [2.75, 3.05) is 33.3 Å². The third-order valence-electron chi connectivity index (χ3n) is 4.14. The van der Waals surface area contributed by atoms with Crippen LogP contribution in [0.15, 0.2) is 0 Å². The van der Waals surface area contributed by atoms with Crippen molar-refractivity contribution in [3.8, 4) is 0 Å². The van der Waals surface area contributed by atoms with Crippen LogP contribution in [0.25, 0.3) is 0 Å². The van der Waals surface area contributed by atoms with Gasteiger partial charge in [0.1, 0.15) is 0 Å². The molecule has 2 unspecified atom stereocenters. The maximum atomic E-state index is 9.36. The minimum absolute atomic E-state index is 0.0711. The molecule has 13 heavy (non-hydrogen) atoms. The lowest BCUT2D eigenvalue weighted by molar-refractivity contribution is 0.114. The molecule has 3 heteroatoms. The Labute approximate surface area is 79.9 Å². The lowest BCUT2D eigenvalue weighted by Gasteiger charge is -2.33. The van der Waals surface area contributed by atoms with E-state index in [2.05, 4.69) is 11.9 Å². The molecular formula is C10H20N2O. The Morgan fingerprint density at radius 2 is 2.31 bits per heavy atom. The summed E-state index contributed by atoms with van der Waals surface area (Å²) in [6.45, 7) is 3.26. The Bertz CT molecular complexity index is 203. The highest BCUT2D eigenvalue weighted by Gasteiger charge is 2.66. The molecule has 2 fully saturated rings. The normalized spacial score (nSPS) is 45.5. The van der Waals surface area contributed by atoms with Gasteiger partial charge in [-0.25, -0.2) is 0 Å². The highest BCUT2D eigenvalue weighted by atomic mass is 16.3. The fourth-order valence-corrected chi connectivity index (χ4v) is 3.12. The van der Waals surface area contributed by atoms with E-state index in [0.29, 0.717) is 12.0 Å². The standard InChI is InChI=1S/C10H20N2O/c1-12-4-2-3-9(7-12)5-10(9,6-11)8-13/h13H,2-8,11H2,1H3. The number of piperidine rings is 1. The first-order valence-electron chi connectivity index (χ1n) is 5.18. The number of hydrogen-bond acceptors (Lipinski definition) is 3. The summed E-state index contributed by atoms with van der Waals surface area (Å²) in [6, 6.07) is 0. The van der Waals surface area contributed by atoms with Crippen LogP contribution in [-0.2, 0) is 0 Å². The lowest BCUT2D eigenvalue weighted by atomic mass is 9.86. The predicted molar refractivity (Wildman–Crippen MR) is 52.4 cm³/mol. The van der Waals surface area contributed by atoms with Crippen molar-refractivity contribution in [3.05, 3.63) is 0 Å². The molecule has 2 rings (SSSR count). The Balaban J connectivity index is 2.07. The number of nitrogens with two attached hydrogens (primary N) is 1. The van der Waals surface area contributed by atoms with Crippen LogP contribution in [-0.4, -0.2) is 43.3 Å². The molecule has 0 radical (unpaired) electrons. The summed E-state index contributed by atoms with van der Waals surface area (Å²) < 4.78 is 0. The fourth-order valence-electron chi connectivity index (χ4n) is 3.12. The van der Waals surface area contributed by atoms with Crippen molar-refractivity contribution in [1.29, 1.82) is 0 Å². The molecule has 1 spiro atoms. The molecule has 0 amide bonds. The van der Waals surface area contributed by atoms with Crippen molar-refractivity contribution in [2.24, 2.45) is 16.6 Å². The molecule has 3 nitrogen and oxygen atoms in total. The summed E-state index contributed by atoms with van der Waals surface area (Å²) >= 11 is 0. The summed E-state index contributed by atoms with van der Waals surface area (Å²) in [4.78, 5) is 2.37. The third-order valence-corrected chi connectivity index (χ3v) is 4.14. The van der Waals surface area contributed by atoms with Crippen LogP contribution in [0.5, 0.6) is 0 Å². The highest BCUT2D eigenvalue weighted by molar-refractivity contribution is 5.16. The van der Waals surface area contributed by atoms with Crippen LogP contribution in [0.2, 0.25) is 0 Å². The van der Waals surface area contributed by atoms with E-state index in [-0.39, 0.29) is 12.0 Å². The van der Waals surface area contributed by atoms with E-state index < -0.39 is 0 Å². The second-order valence-corrected chi connectivity index (χ2v) is 4.94. The van der Waals surface area contributed by atoms with Gasteiger partial charge in [-0.3, -0.25) is 0 Å². The first-order chi connectivity index (χ1) is 6.18. The molecule has 1 aliphatic carbocycles. The molecule has 1 saturated heterocycles. The molecule has 1 heterocycles. The monoisotopic (exact) mass is 184 g/mol. The van der Waals surface area contributed by atoms with Gasteiger partial charge in [0.15, 0.2) is 0 Å². The van der Waals surface area contributed by atoms with Gasteiger partial charge in [-0.1, -0.05) is 0 Å². The first-order valence-corrected chi connectivity index (χ1v) is 5.18. The van der Waals surface area contributed by atoms with Crippen molar-refractivity contribution < 1.29 is 5.11 Å². The average molecular weight is 184 g/mol. The molecule has 3 N–H and O–H groups in total. The van der Waals surface area contributed by atoms with E-state index in [0.717, 1.165) is 13.0 Å². The van der Waals surface area contributed by atoms with Gasteiger partial charge in [-0.2, -0.15) is 0 Å². The molecule has 76 valence electrons. The van der Waals surface area contributed by atoms with E-state index in [9.17, 15) is 5.11 Å². The zero-order chi connectivity index (χ0) is 9.53. The Morgan fingerprint density at radius 3 is 2.77 bits per heavy atom. The number of rotatable bonds is 2. The quantitative estimate of drug-likeness (QED) is 0.637. The molecule has 2 atom stereocenters. The summed E-state index contributed by atoms with van der Waals surface area (Å²) in [5.41, 5.74) is 6.19. The largest absolute Gasteiger partial charge is 0.396 e. The minimum atomic E-state index is 0.0711. The highest BCUT2D eigenvalue weighted by Crippen LogP contribution is 2.66. The maximum Gasteiger partial charge on any atom is 0.0505 e. The average Bonchev–Trinajstić information content (AvgIpc) is 2.73.